The summed E-state index contributed by atoms with van der Waals surface area (Å²) in [6.45, 7) is 6.12. The summed E-state index contributed by atoms with van der Waals surface area (Å²) in [5, 5.41) is 3.40. The number of amides is 1. The van der Waals surface area contributed by atoms with Gasteiger partial charge in [-0.25, -0.2) is 0 Å². The molecule has 2 fully saturated rings. The van der Waals surface area contributed by atoms with Crippen molar-refractivity contribution in [2.75, 3.05) is 33.2 Å². The van der Waals surface area contributed by atoms with Crippen molar-refractivity contribution in [2.24, 2.45) is 0 Å². The van der Waals surface area contributed by atoms with Crippen molar-refractivity contribution in [1.82, 2.24) is 15.1 Å². The van der Waals surface area contributed by atoms with Crippen LogP contribution in [0.3, 0.4) is 0 Å². The lowest BCUT2D eigenvalue weighted by atomic mass is 10.1. The summed E-state index contributed by atoms with van der Waals surface area (Å²) in [6, 6.07) is 0.978. The third kappa shape index (κ3) is 3.19. The molecule has 0 aromatic rings. The molecule has 0 saturated carbocycles. The lowest BCUT2D eigenvalue weighted by Gasteiger charge is -2.39. The second-order valence-corrected chi connectivity index (χ2v) is 5.38. The van der Waals surface area contributed by atoms with Crippen LogP contribution in [0.15, 0.2) is 0 Å². The fraction of sp³-hybridized carbons (Fsp3) is 0.923. The first-order valence-electron chi connectivity index (χ1n) is 6.92. The third-order valence-electron chi connectivity index (χ3n) is 4.18. The van der Waals surface area contributed by atoms with Crippen LogP contribution in [0.2, 0.25) is 0 Å². The van der Waals surface area contributed by atoms with E-state index in [-0.39, 0.29) is 0 Å². The molecule has 4 nitrogen and oxygen atoms in total. The van der Waals surface area contributed by atoms with E-state index < -0.39 is 0 Å². The Morgan fingerprint density at radius 1 is 1.41 bits per heavy atom. The standard InChI is InChI=1S/C13H25N3O/c1-3-12-10-16(8-7-15(12)2)13(17)9-11-5-4-6-14-11/h11-12,14H,3-10H2,1-2H3. The van der Waals surface area contributed by atoms with E-state index >= 15 is 0 Å². The summed E-state index contributed by atoms with van der Waals surface area (Å²) >= 11 is 0. The molecule has 0 bridgehead atoms. The lowest BCUT2D eigenvalue weighted by molar-refractivity contribution is -0.134. The minimum Gasteiger partial charge on any atom is -0.340 e. The van der Waals surface area contributed by atoms with Crippen molar-refractivity contribution in [3.8, 4) is 0 Å². The Balaban J connectivity index is 1.82. The Labute approximate surface area is 104 Å². The number of rotatable bonds is 3. The van der Waals surface area contributed by atoms with Crippen LogP contribution >= 0.6 is 0 Å². The average Bonchev–Trinajstić information content (AvgIpc) is 2.82. The van der Waals surface area contributed by atoms with E-state index in [1.165, 1.54) is 6.42 Å². The molecule has 2 aliphatic heterocycles. The maximum atomic E-state index is 12.2. The summed E-state index contributed by atoms with van der Waals surface area (Å²) in [7, 11) is 2.16. The molecule has 98 valence electrons. The van der Waals surface area contributed by atoms with E-state index in [0.717, 1.165) is 39.0 Å². The van der Waals surface area contributed by atoms with E-state index in [2.05, 4.69) is 29.1 Å². The zero-order valence-electron chi connectivity index (χ0n) is 11.1. The molecule has 2 unspecified atom stereocenters. The van der Waals surface area contributed by atoms with E-state index in [0.29, 0.717) is 24.4 Å². The van der Waals surface area contributed by atoms with Crippen LogP contribution in [-0.2, 0) is 4.79 Å². The predicted molar refractivity (Wildman–Crippen MR) is 68.9 cm³/mol. The van der Waals surface area contributed by atoms with Crippen molar-refractivity contribution < 1.29 is 4.79 Å². The maximum Gasteiger partial charge on any atom is 0.224 e. The first-order chi connectivity index (χ1) is 8.20. The molecule has 1 N–H and O–H groups in total. The molecule has 2 heterocycles. The smallest absolute Gasteiger partial charge is 0.224 e. The summed E-state index contributed by atoms with van der Waals surface area (Å²) in [5.41, 5.74) is 0. The SMILES string of the molecule is CCC1CN(C(=O)CC2CCCN2)CCN1C. The van der Waals surface area contributed by atoms with Crippen LogP contribution in [-0.4, -0.2) is 61.0 Å². The Kier molecular flexibility index (Phi) is 4.40. The largest absolute Gasteiger partial charge is 0.340 e. The number of likely N-dealkylation sites (N-methyl/N-ethyl adjacent to an activating group) is 1. The number of carbonyl (C=O) groups excluding carboxylic acids is 1. The van der Waals surface area contributed by atoms with Crippen molar-refractivity contribution in [3.63, 3.8) is 0 Å². The Hall–Kier alpha value is -0.610. The minimum atomic E-state index is 0.343. The second kappa shape index (κ2) is 5.83. The molecule has 0 spiro atoms. The van der Waals surface area contributed by atoms with Crippen LogP contribution < -0.4 is 5.32 Å². The Bertz CT molecular complexity index is 263. The topological polar surface area (TPSA) is 35.6 Å². The van der Waals surface area contributed by atoms with Crippen LogP contribution in [0.1, 0.15) is 32.6 Å². The van der Waals surface area contributed by atoms with Gasteiger partial charge in [0.2, 0.25) is 5.91 Å². The fourth-order valence-electron chi connectivity index (χ4n) is 2.88. The summed E-state index contributed by atoms with van der Waals surface area (Å²) in [6.07, 6.45) is 4.21. The van der Waals surface area contributed by atoms with Crippen molar-refractivity contribution >= 4 is 5.91 Å². The van der Waals surface area contributed by atoms with Gasteiger partial charge in [-0.3, -0.25) is 9.69 Å². The molecule has 2 rings (SSSR count). The van der Waals surface area contributed by atoms with Gasteiger partial charge in [0, 0.05) is 38.1 Å². The normalized spacial score (nSPS) is 30.8. The number of nitrogens with zero attached hydrogens (tertiary/aromatic N) is 2. The van der Waals surface area contributed by atoms with Crippen LogP contribution in [0.5, 0.6) is 0 Å². The highest BCUT2D eigenvalue weighted by Gasteiger charge is 2.27. The molecule has 0 aromatic carbocycles. The van der Waals surface area contributed by atoms with Gasteiger partial charge < -0.3 is 10.2 Å². The van der Waals surface area contributed by atoms with Gasteiger partial charge in [-0.05, 0) is 32.9 Å². The quantitative estimate of drug-likeness (QED) is 0.787. The molecular weight excluding hydrogens is 214 g/mol. The molecule has 2 saturated heterocycles. The summed E-state index contributed by atoms with van der Waals surface area (Å²) < 4.78 is 0. The molecule has 0 aromatic heterocycles. The van der Waals surface area contributed by atoms with Crippen LogP contribution in [0.25, 0.3) is 0 Å². The first-order valence-corrected chi connectivity index (χ1v) is 6.92. The Morgan fingerprint density at radius 2 is 2.24 bits per heavy atom. The lowest BCUT2D eigenvalue weighted by Crippen LogP contribution is -2.53. The van der Waals surface area contributed by atoms with Crippen LogP contribution in [0, 0.1) is 0 Å². The monoisotopic (exact) mass is 239 g/mol. The minimum absolute atomic E-state index is 0.343. The highest BCUT2D eigenvalue weighted by Crippen LogP contribution is 2.15. The Morgan fingerprint density at radius 3 is 2.88 bits per heavy atom. The number of carbonyl (C=O) groups is 1. The van der Waals surface area contributed by atoms with Gasteiger partial charge in [0.1, 0.15) is 0 Å². The number of hydrogen-bond acceptors (Lipinski definition) is 3. The van der Waals surface area contributed by atoms with Gasteiger partial charge in [-0.15, -0.1) is 0 Å². The zero-order chi connectivity index (χ0) is 12.3. The molecule has 0 aliphatic carbocycles. The fourth-order valence-corrected chi connectivity index (χ4v) is 2.88. The summed E-state index contributed by atoms with van der Waals surface area (Å²) in [4.78, 5) is 16.6. The van der Waals surface area contributed by atoms with E-state index in [9.17, 15) is 4.79 Å². The zero-order valence-corrected chi connectivity index (χ0v) is 11.1. The molecule has 1 amide bonds. The molecular formula is C13H25N3O. The maximum absolute atomic E-state index is 12.2. The molecule has 2 aliphatic rings. The predicted octanol–water partition coefficient (Wildman–Crippen LogP) is 0.681. The van der Waals surface area contributed by atoms with E-state index in [1.807, 2.05) is 0 Å². The molecule has 2 atom stereocenters. The van der Waals surface area contributed by atoms with E-state index in [1.54, 1.807) is 0 Å². The molecule has 4 heteroatoms. The van der Waals surface area contributed by atoms with Gasteiger partial charge in [0.05, 0.1) is 0 Å². The summed E-state index contributed by atoms with van der Waals surface area (Å²) in [5.74, 6) is 0.343. The second-order valence-electron chi connectivity index (χ2n) is 5.38. The number of hydrogen-bond donors (Lipinski definition) is 1. The molecule has 17 heavy (non-hydrogen) atoms. The van der Waals surface area contributed by atoms with Gasteiger partial charge >= 0.3 is 0 Å². The first kappa shape index (κ1) is 12.8. The molecule has 0 radical (unpaired) electrons. The van der Waals surface area contributed by atoms with Crippen molar-refractivity contribution in [1.29, 1.82) is 0 Å². The number of nitrogens with one attached hydrogen (secondary N) is 1. The van der Waals surface area contributed by atoms with Gasteiger partial charge in [0.25, 0.3) is 0 Å². The number of piperazine rings is 1. The van der Waals surface area contributed by atoms with Crippen molar-refractivity contribution in [3.05, 3.63) is 0 Å². The van der Waals surface area contributed by atoms with Crippen molar-refractivity contribution in [2.45, 2.75) is 44.7 Å². The highest BCUT2D eigenvalue weighted by molar-refractivity contribution is 5.77. The van der Waals surface area contributed by atoms with Gasteiger partial charge in [0.15, 0.2) is 0 Å². The average molecular weight is 239 g/mol. The third-order valence-corrected chi connectivity index (χ3v) is 4.18. The van der Waals surface area contributed by atoms with Gasteiger partial charge in [-0.2, -0.15) is 0 Å². The van der Waals surface area contributed by atoms with E-state index in [4.69, 9.17) is 0 Å². The van der Waals surface area contributed by atoms with Gasteiger partial charge in [-0.1, -0.05) is 6.92 Å². The van der Waals surface area contributed by atoms with Crippen LogP contribution in [0.4, 0.5) is 0 Å². The highest BCUT2D eigenvalue weighted by atomic mass is 16.2.